The van der Waals surface area contributed by atoms with E-state index in [4.69, 9.17) is 18.9 Å². The lowest BCUT2D eigenvalue weighted by molar-refractivity contribution is -0.297. The van der Waals surface area contributed by atoms with E-state index in [1.807, 2.05) is 0 Å². The Kier molecular flexibility index (Phi) is 29.1. The monoisotopic (exact) mass is 776 g/mol. The summed E-state index contributed by atoms with van der Waals surface area (Å²) in [7, 11) is -4.60. The standard InChI is InChI=1S/C40H72O12S/c1-3-5-7-9-11-13-15-17-19-21-23-25-27-29-36(42)51-33(31-50-40-39(45)38(44)37(43)34(52-40)32-53(46,47)48)30-49-35(41)28-26-24-22-20-18-16-14-12-10-8-6-4-2/h7,9,13,15,33-34,37-40,43-45H,3-6,8,10-12,14,16-32H2,1-2H3,(H,46,47,48)/b9-7-,15-13-. The van der Waals surface area contributed by atoms with E-state index in [1.54, 1.807) is 0 Å². The highest BCUT2D eigenvalue weighted by molar-refractivity contribution is 7.85. The van der Waals surface area contributed by atoms with Crippen molar-refractivity contribution in [2.45, 2.75) is 198 Å². The molecule has 6 unspecified atom stereocenters. The summed E-state index contributed by atoms with van der Waals surface area (Å²) in [6.07, 6.45) is 22.3. The zero-order valence-corrected chi connectivity index (χ0v) is 33.4. The van der Waals surface area contributed by atoms with Crippen LogP contribution >= 0.6 is 0 Å². The van der Waals surface area contributed by atoms with E-state index < -0.39 is 71.2 Å². The molecule has 1 fully saturated rings. The normalized spacial score (nSPS) is 21.4. The lowest BCUT2D eigenvalue weighted by Gasteiger charge is -2.40. The Bertz CT molecular complexity index is 1100. The molecule has 6 atom stereocenters. The molecule has 0 amide bonds. The van der Waals surface area contributed by atoms with Crippen molar-refractivity contribution in [3.8, 4) is 0 Å². The van der Waals surface area contributed by atoms with Gasteiger partial charge in [0.1, 0.15) is 36.8 Å². The smallest absolute Gasteiger partial charge is 0.306 e. The number of carbonyl (C=O) groups excluding carboxylic acids is 2. The van der Waals surface area contributed by atoms with Gasteiger partial charge in [0.15, 0.2) is 12.4 Å². The molecule has 310 valence electrons. The number of aliphatic hydroxyl groups is 3. The van der Waals surface area contributed by atoms with Crippen LogP contribution in [-0.4, -0.2) is 96.0 Å². The first-order valence-electron chi connectivity index (χ1n) is 20.4. The Morgan fingerprint density at radius 3 is 1.74 bits per heavy atom. The van der Waals surface area contributed by atoms with Gasteiger partial charge in [-0.15, -0.1) is 0 Å². The first kappa shape index (κ1) is 49.1. The van der Waals surface area contributed by atoms with Crippen LogP contribution in [0.4, 0.5) is 0 Å². The van der Waals surface area contributed by atoms with Gasteiger partial charge in [-0.05, 0) is 38.5 Å². The molecular formula is C40H72O12S. The van der Waals surface area contributed by atoms with Gasteiger partial charge < -0.3 is 34.3 Å². The van der Waals surface area contributed by atoms with Gasteiger partial charge in [0, 0.05) is 12.8 Å². The summed E-state index contributed by atoms with van der Waals surface area (Å²) in [5.74, 6) is -2.00. The predicted octanol–water partition coefficient (Wildman–Crippen LogP) is 7.28. The summed E-state index contributed by atoms with van der Waals surface area (Å²) in [5.41, 5.74) is 0. The second-order valence-corrected chi connectivity index (χ2v) is 15.8. The van der Waals surface area contributed by atoms with Crippen molar-refractivity contribution in [3.05, 3.63) is 24.3 Å². The van der Waals surface area contributed by atoms with Crippen molar-refractivity contribution < 1.29 is 56.8 Å². The number of hydrogen-bond acceptors (Lipinski definition) is 11. The molecule has 0 spiro atoms. The van der Waals surface area contributed by atoms with Crippen LogP contribution in [0.2, 0.25) is 0 Å². The van der Waals surface area contributed by atoms with Crippen molar-refractivity contribution >= 4 is 22.1 Å². The van der Waals surface area contributed by atoms with Gasteiger partial charge in [-0.1, -0.05) is 134 Å². The van der Waals surface area contributed by atoms with Gasteiger partial charge >= 0.3 is 11.9 Å². The van der Waals surface area contributed by atoms with E-state index in [0.29, 0.717) is 12.8 Å². The Labute approximate surface area is 319 Å². The van der Waals surface area contributed by atoms with Crippen molar-refractivity contribution in [3.63, 3.8) is 0 Å². The lowest BCUT2D eigenvalue weighted by atomic mass is 10.00. The third-order valence-corrected chi connectivity index (χ3v) is 10.0. The largest absolute Gasteiger partial charge is 0.462 e. The maximum atomic E-state index is 12.7. The van der Waals surface area contributed by atoms with Gasteiger partial charge in [-0.2, -0.15) is 8.42 Å². The molecule has 1 heterocycles. The number of unbranched alkanes of at least 4 members (excludes halogenated alkanes) is 17. The quantitative estimate of drug-likeness (QED) is 0.0226. The Balaban J connectivity index is 2.51. The van der Waals surface area contributed by atoms with Gasteiger partial charge in [-0.3, -0.25) is 14.1 Å². The van der Waals surface area contributed by atoms with Crippen LogP contribution in [0.5, 0.6) is 0 Å². The number of carbonyl (C=O) groups is 2. The van der Waals surface area contributed by atoms with Crippen molar-refractivity contribution in [1.29, 1.82) is 0 Å². The van der Waals surface area contributed by atoms with E-state index in [2.05, 4.69) is 38.2 Å². The lowest BCUT2D eigenvalue weighted by Crippen LogP contribution is -2.60. The van der Waals surface area contributed by atoms with Crippen molar-refractivity contribution in [1.82, 2.24) is 0 Å². The molecule has 1 rings (SSSR count). The molecule has 0 aliphatic carbocycles. The number of ether oxygens (including phenoxy) is 4. The molecule has 12 nitrogen and oxygen atoms in total. The summed E-state index contributed by atoms with van der Waals surface area (Å²) < 4.78 is 53.8. The molecule has 1 saturated heterocycles. The molecule has 4 N–H and O–H groups in total. The Morgan fingerprint density at radius 2 is 1.17 bits per heavy atom. The number of rotatable bonds is 33. The summed E-state index contributed by atoms with van der Waals surface area (Å²) in [4.78, 5) is 25.3. The summed E-state index contributed by atoms with van der Waals surface area (Å²) in [6.45, 7) is 3.66. The minimum Gasteiger partial charge on any atom is -0.462 e. The van der Waals surface area contributed by atoms with Gasteiger partial charge in [-0.25, -0.2) is 0 Å². The topological polar surface area (TPSA) is 186 Å². The van der Waals surface area contributed by atoms with Crippen LogP contribution in [0, 0.1) is 0 Å². The molecule has 0 aromatic carbocycles. The average molecular weight is 777 g/mol. The van der Waals surface area contributed by atoms with E-state index in [1.165, 1.54) is 51.4 Å². The van der Waals surface area contributed by atoms with Crippen molar-refractivity contribution in [2.75, 3.05) is 19.0 Å². The molecular weight excluding hydrogens is 704 g/mol. The first-order chi connectivity index (χ1) is 25.5. The summed E-state index contributed by atoms with van der Waals surface area (Å²) >= 11 is 0. The minimum atomic E-state index is -4.60. The Morgan fingerprint density at radius 1 is 0.642 bits per heavy atom. The van der Waals surface area contributed by atoms with Crippen molar-refractivity contribution in [2.24, 2.45) is 0 Å². The van der Waals surface area contributed by atoms with Crippen LogP contribution in [-0.2, 0) is 38.7 Å². The second-order valence-electron chi connectivity index (χ2n) is 14.3. The molecule has 1 aliphatic heterocycles. The van der Waals surface area contributed by atoms with Crippen LogP contribution in [0.3, 0.4) is 0 Å². The molecule has 13 heteroatoms. The second kappa shape index (κ2) is 31.3. The number of esters is 2. The molecule has 0 aromatic heterocycles. The summed E-state index contributed by atoms with van der Waals surface area (Å²) in [6, 6.07) is 0. The van der Waals surface area contributed by atoms with Gasteiger partial charge in [0.2, 0.25) is 0 Å². The number of hydrogen-bond donors (Lipinski definition) is 4. The third kappa shape index (κ3) is 26.6. The predicted molar refractivity (Wildman–Crippen MR) is 206 cm³/mol. The Hall–Kier alpha value is -1.87. The molecule has 0 bridgehead atoms. The van der Waals surface area contributed by atoms with Gasteiger partial charge in [0.05, 0.1) is 6.61 Å². The highest BCUT2D eigenvalue weighted by atomic mass is 32.2. The summed E-state index contributed by atoms with van der Waals surface area (Å²) in [5, 5.41) is 30.8. The highest BCUT2D eigenvalue weighted by Gasteiger charge is 2.46. The highest BCUT2D eigenvalue weighted by Crippen LogP contribution is 2.24. The van der Waals surface area contributed by atoms with E-state index in [-0.39, 0.29) is 19.4 Å². The van der Waals surface area contributed by atoms with Crippen LogP contribution in [0.15, 0.2) is 24.3 Å². The maximum Gasteiger partial charge on any atom is 0.306 e. The molecule has 0 radical (unpaired) electrons. The maximum absolute atomic E-state index is 12.7. The van der Waals surface area contributed by atoms with E-state index >= 15 is 0 Å². The zero-order valence-electron chi connectivity index (χ0n) is 32.6. The van der Waals surface area contributed by atoms with Crippen LogP contribution in [0.1, 0.15) is 162 Å². The van der Waals surface area contributed by atoms with Crippen LogP contribution in [0.25, 0.3) is 0 Å². The first-order valence-corrected chi connectivity index (χ1v) is 22.0. The third-order valence-electron chi connectivity index (χ3n) is 9.27. The molecule has 0 aromatic rings. The van der Waals surface area contributed by atoms with Gasteiger partial charge in [0.25, 0.3) is 10.1 Å². The fourth-order valence-electron chi connectivity index (χ4n) is 6.07. The minimum absolute atomic E-state index is 0.150. The molecule has 1 aliphatic rings. The number of aliphatic hydroxyl groups excluding tert-OH is 3. The van der Waals surface area contributed by atoms with E-state index in [9.17, 15) is 37.9 Å². The number of allylic oxidation sites excluding steroid dienone is 4. The molecule has 0 saturated carbocycles. The SMILES string of the molecule is CCC/C=C\C/C=C\CCCCCCCC(=O)OC(COC(=O)CCCCCCCCCCCCCC)COC1OC(CS(=O)(=O)O)C(O)C(O)C1O. The van der Waals surface area contributed by atoms with E-state index in [0.717, 1.165) is 70.6 Å². The fourth-order valence-corrected chi connectivity index (χ4v) is 6.76. The fraction of sp³-hybridized carbons (Fsp3) is 0.850. The molecule has 53 heavy (non-hydrogen) atoms. The zero-order chi connectivity index (χ0) is 39.2. The van der Waals surface area contributed by atoms with Crippen LogP contribution < -0.4 is 0 Å². The average Bonchev–Trinajstić information content (AvgIpc) is 3.12.